The summed E-state index contributed by atoms with van der Waals surface area (Å²) in [6.45, 7) is 10.5. The molecule has 0 aliphatic rings. The van der Waals surface area contributed by atoms with Gasteiger partial charge >= 0.3 is 0 Å². The zero-order chi connectivity index (χ0) is 18.2. The summed E-state index contributed by atoms with van der Waals surface area (Å²) >= 11 is 0. The van der Waals surface area contributed by atoms with Crippen LogP contribution in [0.15, 0.2) is 53.6 Å². The van der Waals surface area contributed by atoms with Gasteiger partial charge in [0, 0.05) is 24.3 Å². The van der Waals surface area contributed by atoms with Gasteiger partial charge in [-0.1, -0.05) is 38.1 Å². The first-order valence-electron chi connectivity index (χ1n) is 8.83. The third-order valence-corrected chi connectivity index (χ3v) is 4.24. The van der Waals surface area contributed by atoms with Gasteiger partial charge in [-0.2, -0.15) is 5.10 Å². The van der Waals surface area contributed by atoms with Gasteiger partial charge in [0.2, 0.25) is 0 Å². The molecule has 0 aliphatic carbocycles. The van der Waals surface area contributed by atoms with E-state index in [-0.39, 0.29) is 5.91 Å². The highest BCUT2D eigenvalue weighted by Gasteiger charge is 2.06. The number of hydrogen-bond donors (Lipinski definition) is 1. The Hall–Kier alpha value is -2.62. The van der Waals surface area contributed by atoms with E-state index in [0.29, 0.717) is 11.5 Å². The summed E-state index contributed by atoms with van der Waals surface area (Å²) < 4.78 is 0. The van der Waals surface area contributed by atoms with Gasteiger partial charge in [-0.25, -0.2) is 5.43 Å². The lowest BCUT2D eigenvalue weighted by atomic mass is 10.0. The first-order valence-corrected chi connectivity index (χ1v) is 8.83. The highest BCUT2D eigenvalue weighted by Crippen LogP contribution is 2.15. The number of hydrogen-bond acceptors (Lipinski definition) is 3. The molecule has 132 valence electrons. The van der Waals surface area contributed by atoms with E-state index in [2.05, 4.69) is 55.3 Å². The summed E-state index contributed by atoms with van der Waals surface area (Å²) in [5, 5.41) is 4.05. The standard InChI is InChI=1S/C21H27N3O/c1-5-24(6-2)20-13-11-19(12-14-20)21(25)23-22-15-17-7-9-18(10-8-17)16(3)4/h7-16H,5-6H2,1-4H3,(H,23,25)/b22-15+. The predicted molar refractivity (Wildman–Crippen MR) is 106 cm³/mol. The second kappa shape index (κ2) is 9.02. The summed E-state index contributed by atoms with van der Waals surface area (Å²) in [7, 11) is 0. The third kappa shape index (κ3) is 5.18. The first-order chi connectivity index (χ1) is 12.0. The van der Waals surface area contributed by atoms with Gasteiger partial charge in [-0.3, -0.25) is 4.79 Å². The maximum absolute atomic E-state index is 12.2. The molecule has 0 spiro atoms. The van der Waals surface area contributed by atoms with Crippen molar-refractivity contribution in [1.29, 1.82) is 0 Å². The van der Waals surface area contributed by atoms with Crippen LogP contribution < -0.4 is 10.3 Å². The van der Waals surface area contributed by atoms with E-state index in [0.717, 1.165) is 24.3 Å². The Labute approximate surface area is 150 Å². The molecular formula is C21H27N3O. The van der Waals surface area contributed by atoms with Gasteiger partial charge in [0.15, 0.2) is 0 Å². The van der Waals surface area contributed by atoms with E-state index in [4.69, 9.17) is 0 Å². The van der Waals surface area contributed by atoms with Crippen LogP contribution in [0, 0.1) is 0 Å². The molecule has 25 heavy (non-hydrogen) atoms. The van der Waals surface area contributed by atoms with Crippen molar-refractivity contribution in [2.75, 3.05) is 18.0 Å². The third-order valence-electron chi connectivity index (χ3n) is 4.24. The molecule has 0 unspecified atom stereocenters. The van der Waals surface area contributed by atoms with Crippen molar-refractivity contribution in [2.45, 2.75) is 33.6 Å². The van der Waals surface area contributed by atoms with Crippen molar-refractivity contribution in [1.82, 2.24) is 5.43 Å². The monoisotopic (exact) mass is 337 g/mol. The fraction of sp³-hybridized carbons (Fsp3) is 0.333. The number of hydrazone groups is 1. The largest absolute Gasteiger partial charge is 0.372 e. The van der Waals surface area contributed by atoms with E-state index in [1.807, 2.05) is 36.4 Å². The van der Waals surface area contributed by atoms with E-state index in [1.54, 1.807) is 6.21 Å². The number of carbonyl (C=O) groups is 1. The van der Waals surface area contributed by atoms with Crippen molar-refractivity contribution < 1.29 is 4.79 Å². The summed E-state index contributed by atoms with van der Waals surface area (Å²) in [5.41, 5.74) is 6.55. The minimum Gasteiger partial charge on any atom is -0.372 e. The molecule has 4 heteroatoms. The lowest BCUT2D eigenvalue weighted by Gasteiger charge is -2.20. The number of benzene rings is 2. The van der Waals surface area contributed by atoms with Crippen LogP contribution in [0.25, 0.3) is 0 Å². The van der Waals surface area contributed by atoms with Gasteiger partial charge in [0.1, 0.15) is 0 Å². The molecule has 2 aromatic rings. The Morgan fingerprint density at radius 3 is 2.16 bits per heavy atom. The van der Waals surface area contributed by atoms with Gasteiger partial charge in [-0.05, 0) is 55.2 Å². The van der Waals surface area contributed by atoms with E-state index >= 15 is 0 Å². The number of carbonyl (C=O) groups excluding carboxylic acids is 1. The number of rotatable bonds is 7. The normalized spacial score (nSPS) is 11.1. The van der Waals surface area contributed by atoms with Crippen molar-refractivity contribution >= 4 is 17.8 Å². The van der Waals surface area contributed by atoms with E-state index in [9.17, 15) is 4.79 Å². The molecule has 0 aliphatic heterocycles. The van der Waals surface area contributed by atoms with Crippen LogP contribution in [-0.2, 0) is 0 Å². The van der Waals surface area contributed by atoms with Gasteiger partial charge in [0.25, 0.3) is 5.91 Å². The minimum atomic E-state index is -0.207. The Balaban J connectivity index is 1.95. The molecule has 0 fully saturated rings. The first kappa shape index (κ1) is 18.7. The number of anilines is 1. The Kier molecular flexibility index (Phi) is 6.75. The zero-order valence-electron chi connectivity index (χ0n) is 15.5. The van der Waals surface area contributed by atoms with E-state index in [1.165, 1.54) is 5.56 Å². The van der Waals surface area contributed by atoms with Crippen molar-refractivity contribution in [3.63, 3.8) is 0 Å². The summed E-state index contributed by atoms with van der Waals surface area (Å²) in [4.78, 5) is 14.4. The van der Waals surface area contributed by atoms with Crippen LogP contribution in [0.3, 0.4) is 0 Å². The number of nitrogens with zero attached hydrogens (tertiary/aromatic N) is 2. The summed E-state index contributed by atoms with van der Waals surface area (Å²) in [5.74, 6) is 0.297. The summed E-state index contributed by atoms with van der Waals surface area (Å²) in [6, 6.07) is 15.8. The molecule has 0 heterocycles. The van der Waals surface area contributed by atoms with Crippen molar-refractivity contribution in [3.05, 3.63) is 65.2 Å². The van der Waals surface area contributed by atoms with Gasteiger partial charge in [0.05, 0.1) is 6.21 Å². The average molecular weight is 337 g/mol. The molecule has 0 bridgehead atoms. The Morgan fingerprint density at radius 2 is 1.64 bits per heavy atom. The number of amides is 1. The lowest BCUT2D eigenvalue weighted by molar-refractivity contribution is 0.0955. The molecule has 0 aromatic heterocycles. The minimum absolute atomic E-state index is 0.207. The Bertz CT molecular complexity index is 699. The van der Waals surface area contributed by atoms with Gasteiger partial charge < -0.3 is 4.90 Å². The van der Waals surface area contributed by atoms with Crippen LogP contribution in [-0.4, -0.2) is 25.2 Å². The maximum Gasteiger partial charge on any atom is 0.271 e. The fourth-order valence-corrected chi connectivity index (χ4v) is 2.61. The van der Waals surface area contributed by atoms with Crippen LogP contribution in [0.2, 0.25) is 0 Å². The smallest absolute Gasteiger partial charge is 0.271 e. The molecule has 4 nitrogen and oxygen atoms in total. The van der Waals surface area contributed by atoms with Crippen molar-refractivity contribution in [2.24, 2.45) is 5.10 Å². The molecule has 2 aromatic carbocycles. The molecule has 0 saturated heterocycles. The van der Waals surface area contributed by atoms with Crippen LogP contribution in [0.1, 0.15) is 55.1 Å². The molecule has 0 saturated carbocycles. The average Bonchev–Trinajstić information content (AvgIpc) is 2.63. The number of nitrogens with one attached hydrogen (secondary N) is 1. The zero-order valence-corrected chi connectivity index (χ0v) is 15.5. The highest BCUT2D eigenvalue weighted by atomic mass is 16.2. The lowest BCUT2D eigenvalue weighted by Crippen LogP contribution is -2.22. The molecule has 2 rings (SSSR count). The predicted octanol–water partition coefficient (Wildman–Crippen LogP) is 4.42. The molecule has 0 atom stereocenters. The summed E-state index contributed by atoms with van der Waals surface area (Å²) in [6.07, 6.45) is 1.66. The molecular weight excluding hydrogens is 310 g/mol. The van der Waals surface area contributed by atoms with Crippen LogP contribution in [0.5, 0.6) is 0 Å². The second-order valence-electron chi connectivity index (χ2n) is 6.24. The van der Waals surface area contributed by atoms with Gasteiger partial charge in [-0.15, -0.1) is 0 Å². The highest BCUT2D eigenvalue weighted by molar-refractivity contribution is 5.95. The SMILES string of the molecule is CCN(CC)c1ccc(C(=O)N/N=C/c2ccc(C(C)C)cc2)cc1. The topological polar surface area (TPSA) is 44.7 Å². The van der Waals surface area contributed by atoms with Crippen LogP contribution >= 0.6 is 0 Å². The molecule has 1 N–H and O–H groups in total. The van der Waals surface area contributed by atoms with Crippen LogP contribution in [0.4, 0.5) is 5.69 Å². The second-order valence-corrected chi connectivity index (χ2v) is 6.24. The Morgan fingerprint density at radius 1 is 1.04 bits per heavy atom. The van der Waals surface area contributed by atoms with E-state index < -0.39 is 0 Å². The quantitative estimate of drug-likeness (QED) is 0.600. The fourth-order valence-electron chi connectivity index (χ4n) is 2.61. The maximum atomic E-state index is 12.2. The molecule has 0 radical (unpaired) electrons. The van der Waals surface area contributed by atoms with Crippen molar-refractivity contribution in [3.8, 4) is 0 Å². The molecule has 1 amide bonds.